The Balaban J connectivity index is 2.21. The summed E-state index contributed by atoms with van der Waals surface area (Å²) >= 11 is 0. The summed E-state index contributed by atoms with van der Waals surface area (Å²) in [6.45, 7) is 3.68. The number of hydrogen-bond donors (Lipinski definition) is 1. The van der Waals surface area contributed by atoms with E-state index in [9.17, 15) is 0 Å². The van der Waals surface area contributed by atoms with Gasteiger partial charge in [0.2, 0.25) is 5.88 Å². The Kier molecular flexibility index (Phi) is 4.23. The molecule has 0 fully saturated rings. The van der Waals surface area contributed by atoms with Crippen molar-refractivity contribution in [1.82, 2.24) is 4.98 Å². The smallest absolute Gasteiger partial charge is 0.213 e. The lowest BCUT2D eigenvalue weighted by atomic mass is 10.2. The van der Waals surface area contributed by atoms with Crippen LogP contribution in [0, 0.1) is 0 Å². The predicted octanol–water partition coefficient (Wildman–Crippen LogP) is 2.70. The molecule has 0 spiro atoms. The summed E-state index contributed by atoms with van der Waals surface area (Å²) in [7, 11) is 1.62. The van der Waals surface area contributed by atoms with Crippen LogP contribution >= 0.6 is 0 Å². The van der Waals surface area contributed by atoms with E-state index >= 15 is 0 Å². The van der Waals surface area contributed by atoms with Crippen molar-refractivity contribution in [1.29, 1.82) is 0 Å². The number of anilines is 2. The molecule has 0 aliphatic rings. The maximum Gasteiger partial charge on any atom is 0.213 e. The normalized spacial score (nSPS) is 10.2. The summed E-state index contributed by atoms with van der Waals surface area (Å²) in [5.41, 5.74) is 8.80. The molecule has 1 aromatic heterocycles. The lowest BCUT2D eigenvalue weighted by Crippen LogP contribution is -2.23. The number of hydrogen-bond acceptors (Lipinski definition) is 4. The quantitative estimate of drug-likeness (QED) is 0.837. The highest BCUT2D eigenvalue weighted by Gasteiger charge is 2.09. The molecule has 1 heterocycles. The molecule has 0 bridgehead atoms. The summed E-state index contributed by atoms with van der Waals surface area (Å²) < 4.78 is 5.15. The van der Waals surface area contributed by atoms with Gasteiger partial charge in [0.1, 0.15) is 0 Å². The molecule has 0 atom stereocenters. The minimum Gasteiger partial charge on any atom is -0.481 e. The lowest BCUT2D eigenvalue weighted by Gasteiger charge is -2.24. The number of methoxy groups -OCH3 is 1. The van der Waals surface area contributed by atoms with Gasteiger partial charge in [-0.05, 0) is 25.1 Å². The average molecular weight is 257 g/mol. The number of nitrogens with zero attached hydrogens (tertiary/aromatic N) is 2. The third kappa shape index (κ3) is 3.16. The van der Waals surface area contributed by atoms with E-state index in [-0.39, 0.29) is 0 Å². The zero-order chi connectivity index (χ0) is 13.7. The van der Waals surface area contributed by atoms with Crippen molar-refractivity contribution in [2.45, 2.75) is 13.5 Å². The van der Waals surface area contributed by atoms with Crippen LogP contribution in [-0.2, 0) is 6.54 Å². The number of aromatic nitrogens is 1. The fourth-order valence-corrected chi connectivity index (χ4v) is 2.00. The molecule has 1 aromatic carbocycles. The van der Waals surface area contributed by atoms with E-state index in [1.54, 1.807) is 7.11 Å². The minimum absolute atomic E-state index is 0.634. The first-order chi connectivity index (χ1) is 9.24. The molecule has 4 heteroatoms. The van der Waals surface area contributed by atoms with Crippen molar-refractivity contribution in [2.75, 3.05) is 24.3 Å². The Hall–Kier alpha value is -2.23. The van der Waals surface area contributed by atoms with Crippen molar-refractivity contribution in [3.8, 4) is 5.88 Å². The molecule has 2 aromatic rings. The van der Waals surface area contributed by atoms with Crippen molar-refractivity contribution in [2.24, 2.45) is 0 Å². The molecule has 0 radical (unpaired) electrons. The highest BCUT2D eigenvalue weighted by atomic mass is 16.5. The number of para-hydroxylation sites is 2. The van der Waals surface area contributed by atoms with Gasteiger partial charge in [-0.2, -0.15) is 0 Å². The molecule has 0 unspecified atom stereocenters. The predicted molar refractivity (Wildman–Crippen MR) is 78.4 cm³/mol. The van der Waals surface area contributed by atoms with Crippen molar-refractivity contribution < 1.29 is 4.74 Å². The molecule has 4 nitrogen and oxygen atoms in total. The molecular formula is C15H19N3O. The van der Waals surface area contributed by atoms with Crippen LogP contribution in [0.25, 0.3) is 0 Å². The van der Waals surface area contributed by atoms with Crippen molar-refractivity contribution in [3.63, 3.8) is 0 Å². The van der Waals surface area contributed by atoms with E-state index in [0.29, 0.717) is 12.4 Å². The fraction of sp³-hybridized carbons (Fsp3) is 0.267. The van der Waals surface area contributed by atoms with Gasteiger partial charge < -0.3 is 15.4 Å². The SMILES string of the molecule is CCN(Cc1cccc(OC)n1)c1ccccc1N. The molecule has 0 aliphatic heterocycles. The first-order valence-corrected chi connectivity index (χ1v) is 6.34. The number of pyridine rings is 1. The summed E-state index contributed by atoms with van der Waals surface area (Å²) in [6.07, 6.45) is 0. The summed E-state index contributed by atoms with van der Waals surface area (Å²) in [6, 6.07) is 13.7. The van der Waals surface area contributed by atoms with Gasteiger partial charge in [0.15, 0.2) is 0 Å². The van der Waals surface area contributed by atoms with Crippen LogP contribution < -0.4 is 15.4 Å². The maximum absolute atomic E-state index is 6.02. The second kappa shape index (κ2) is 6.09. The zero-order valence-corrected chi connectivity index (χ0v) is 11.3. The van der Waals surface area contributed by atoms with Crippen LogP contribution in [0.2, 0.25) is 0 Å². The number of benzene rings is 1. The van der Waals surface area contributed by atoms with Crippen LogP contribution in [0.4, 0.5) is 11.4 Å². The molecule has 2 N–H and O–H groups in total. The largest absolute Gasteiger partial charge is 0.481 e. The van der Waals surface area contributed by atoms with E-state index in [2.05, 4.69) is 16.8 Å². The van der Waals surface area contributed by atoms with E-state index in [1.807, 2.05) is 42.5 Å². The van der Waals surface area contributed by atoms with Gasteiger partial charge in [-0.1, -0.05) is 18.2 Å². The Bertz CT molecular complexity index is 542. The highest BCUT2D eigenvalue weighted by Crippen LogP contribution is 2.23. The van der Waals surface area contributed by atoms with Gasteiger partial charge >= 0.3 is 0 Å². The lowest BCUT2D eigenvalue weighted by molar-refractivity contribution is 0.396. The molecule has 0 saturated carbocycles. The molecule has 0 saturated heterocycles. The van der Waals surface area contributed by atoms with E-state index in [1.165, 1.54) is 0 Å². The van der Waals surface area contributed by atoms with Gasteiger partial charge in [-0.3, -0.25) is 0 Å². The minimum atomic E-state index is 0.634. The van der Waals surface area contributed by atoms with Gasteiger partial charge in [0.25, 0.3) is 0 Å². The zero-order valence-electron chi connectivity index (χ0n) is 11.3. The van der Waals surface area contributed by atoms with Crippen LogP contribution in [0.5, 0.6) is 5.88 Å². The summed E-state index contributed by atoms with van der Waals surface area (Å²) in [5, 5.41) is 0. The fourth-order valence-electron chi connectivity index (χ4n) is 2.00. The second-order valence-corrected chi connectivity index (χ2v) is 4.24. The van der Waals surface area contributed by atoms with Gasteiger partial charge in [0, 0.05) is 12.6 Å². The van der Waals surface area contributed by atoms with E-state index in [4.69, 9.17) is 10.5 Å². The van der Waals surface area contributed by atoms with Crippen molar-refractivity contribution in [3.05, 3.63) is 48.2 Å². The van der Waals surface area contributed by atoms with E-state index in [0.717, 1.165) is 23.6 Å². The Morgan fingerprint density at radius 2 is 1.95 bits per heavy atom. The van der Waals surface area contributed by atoms with Crippen LogP contribution in [-0.4, -0.2) is 18.6 Å². The average Bonchev–Trinajstić information content (AvgIpc) is 2.46. The number of nitrogens with two attached hydrogens (primary N) is 1. The molecular weight excluding hydrogens is 238 g/mol. The summed E-state index contributed by atoms with van der Waals surface area (Å²) in [5.74, 6) is 0.634. The third-order valence-electron chi connectivity index (χ3n) is 3.00. The number of rotatable bonds is 5. The highest BCUT2D eigenvalue weighted by molar-refractivity contribution is 5.67. The standard InChI is InChI=1S/C15H19N3O/c1-3-18(14-9-5-4-8-13(14)16)11-12-7-6-10-15(17-12)19-2/h4-10H,3,11,16H2,1-2H3. The van der Waals surface area contributed by atoms with Gasteiger partial charge in [-0.25, -0.2) is 4.98 Å². The van der Waals surface area contributed by atoms with Gasteiger partial charge in [-0.15, -0.1) is 0 Å². The second-order valence-electron chi connectivity index (χ2n) is 4.24. The Morgan fingerprint density at radius 1 is 1.16 bits per heavy atom. The van der Waals surface area contributed by atoms with Crippen LogP contribution in [0.1, 0.15) is 12.6 Å². The molecule has 100 valence electrons. The molecule has 2 rings (SSSR count). The topological polar surface area (TPSA) is 51.4 Å². The van der Waals surface area contributed by atoms with E-state index < -0.39 is 0 Å². The number of nitrogen functional groups attached to an aromatic ring is 1. The summed E-state index contributed by atoms with van der Waals surface area (Å²) in [4.78, 5) is 6.62. The first-order valence-electron chi connectivity index (χ1n) is 6.34. The Labute approximate surface area is 113 Å². The Morgan fingerprint density at radius 3 is 2.63 bits per heavy atom. The van der Waals surface area contributed by atoms with Crippen LogP contribution in [0.15, 0.2) is 42.5 Å². The molecule has 0 aliphatic carbocycles. The van der Waals surface area contributed by atoms with Gasteiger partial charge in [0.05, 0.1) is 30.7 Å². The monoisotopic (exact) mass is 257 g/mol. The third-order valence-corrected chi connectivity index (χ3v) is 3.00. The van der Waals surface area contributed by atoms with Crippen molar-refractivity contribution >= 4 is 11.4 Å². The molecule has 19 heavy (non-hydrogen) atoms. The number of ether oxygens (including phenoxy) is 1. The maximum atomic E-state index is 6.02. The first kappa shape index (κ1) is 13.2. The van der Waals surface area contributed by atoms with Crippen LogP contribution in [0.3, 0.4) is 0 Å². The molecule has 0 amide bonds.